The average Bonchev–Trinajstić information content (AvgIpc) is 2.52. The molecule has 2 aromatic carbocycles. The topological polar surface area (TPSA) is 131 Å². The van der Waals surface area contributed by atoms with Gasteiger partial charge in [-0.15, -0.1) is 5.11 Å². The van der Waals surface area contributed by atoms with Gasteiger partial charge in [-0.3, -0.25) is 10.1 Å². The van der Waals surface area contributed by atoms with Crippen LogP contribution in [-0.2, 0) is 6.18 Å². The molecule has 0 saturated carbocycles. The molecule has 0 saturated heterocycles. The maximum atomic E-state index is 13.2. The van der Waals surface area contributed by atoms with Crippen LogP contribution in [0.3, 0.4) is 0 Å². The number of nitro benzene ring substituents is 1. The summed E-state index contributed by atoms with van der Waals surface area (Å²) in [5, 5.41) is 26.7. The molecule has 130 valence electrons. The summed E-state index contributed by atoms with van der Waals surface area (Å²) in [7, 11) is 0. The SMILES string of the molecule is Nc1ccc(/N=N/c2c(C(=O)O)cc([N+](=O)[O-])cc2C(F)(F)F)cc1. The Labute approximate surface area is 137 Å². The van der Waals surface area contributed by atoms with Crippen molar-refractivity contribution < 1.29 is 28.0 Å². The Morgan fingerprint density at radius 3 is 2.24 bits per heavy atom. The first-order valence-corrected chi connectivity index (χ1v) is 6.50. The fourth-order valence-electron chi connectivity index (χ4n) is 1.86. The number of nitrogens with zero attached hydrogens (tertiary/aromatic N) is 3. The predicted octanol–water partition coefficient (Wildman–Crippen LogP) is 4.31. The number of benzene rings is 2. The molecule has 8 nitrogen and oxygen atoms in total. The van der Waals surface area contributed by atoms with E-state index in [1.54, 1.807) is 0 Å². The maximum Gasteiger partial charge on any atom is 0.418 e. The molecule has 0 bridgehead atoms. The van der Waals surface area contributed by atoms with E-state index in [2.05, 4.69) is 10.2 Å². The highest BCUT2D eigenvalue weighted by molar-refractivity contribution is 5.95. The lowest BCUT2D eigenvalue weighted by molar-refractivity contribution is -0.385. The Bertz CT molecular complexity index is 864. The van der Waals surface area contributed by atoms with Crippen LogP contribution in [-0.4, -0.2) is 16.0 Å². The number of hydrogen-bond acceptors (Lipinski definition) is 6. The second kappa shape index (κ2) is 6.55. The fraction of sp³-hybridized carbons (Fsp3) is 0.0714. The molecule has 2 aromatic rings. The number of non-ortho nitro benzene ring substituents is 1. The van der Waals surface area contributed by atoms with Crippen molar-refractivity contribution in [2.24, 2.45) is 10.2 Å². The Kier molecular flexibility index (Phi) is 4.68. The van der Waals surface area contributed by atoms with Gasteiger partial charge in [0.15, 0.2) is 0 Å². The minimum Gasteiger partial charge on any atom is -0.478 e. The molecule has 25 heavy (non-hydrogen) atoms. The number of carbonyl (C=O) groups is 1. The van der Waals surface area contributed by atoms with Crippen molar-refractivity contribution in [1.82, 2.24) is 0 Å². The van der Waals surface area contributed by atoms with Gasteiger partial charge >= 0.3 is 12.1 Å². The van der Waals surface area contributed by atoms with Gasteiger partial charge in [0.05, 0.1) is 21.7 Å². The minimum atomic E-state index is -5.06. The van der Waals surface area contributed by atoms with Gasteiger partial charge < -0.3 is 10.8 Å². The van der Waals surface area contributed by atoms with E-state index in [0.717, 1.165) is 0 Å². The van der Waals surface area contributed by atoms with Crippen LogP contribution in [0.25, 0.3) is 0 Å². The summed E-state index contributed by atoms with van der Waals surface area (Å²) in [5.41, 5.74) is 1.37. The smallest absolute Gasteiger partial charge is 0.418 e. The molecular formula is C14H9F3N4O4. The molecule has 0 aliphatic rings. The van der Waals surface area contributed by atoms with Gasteiger partial charge in [0.1, 0.15) is 5.69 Å². The number of azo groups is 1. The summed E-state index contributed by atoms with van der Waals surface area (Å²) in [6.45, 7) is 0. The summed E-state index contributed by atoms with van der Waals surface area (Å²) in [6.07, 6.45) is -5.06. The number of carboxylic acids is 1. The molecule has 0 spiro atoms. The van der Waals surface area contributed by atoms with Crippen LogP contribution < -0.4 is 5.73 Å². The summed E-state index contributed by atoms with van der Waals surface area (Å²) in [6, 6.07) is 6.27. The van der Waals surface area contributed by atoms with Crippen LogP contribution in [0.15, 0.2) is 46.6 Å². The van der Waals surface area contributed by atoms with Crippen molar-refractivity contribution in [3.8, 4) is 0 Å². The molecule has 11 heteroatoms. The standard InChI is InChI=1S/C14H9F3N4O4/c15-14(16,17)11-6-9(21(24)25)5-10(13(22)23)12(11)20-19-8-3-1-7(18)2-4-8/h1-6H,18H2,(H,22,23)/b20-19+. The Morgan fingerprint density at radius 1 is 1.16 bits per heavy atom. The molecule has 0 atom stereocenters. The van der Waals surface area contributed by atoms with E-state index >= 15 is 0 Å². The first-order valence-electron chi connectivity index (χ1n) is 6.50. The van der Waals surface area contributed by atoms with Crippen molar-refractivity contribution >= 4 is 28.7 Å². The highest BCUT2D eigenvalue weighted by Crippen LogP contribution is 2.41. The molecule has 0 heterocycles. The number of nitrogens with two attached hydrogens (primary N) is 1. The summed E-state index contributed by atoms with van der Waals surface area (Å²) in [5.74, 6) is -1.81. The van der Waals surface area contributed by atoms with Crippen LogP contribution in [0, 0.1) is 10.1 Å². The maximum absolute atomic E-state index is 13.2. The van der Waals surface area contributed by atoms with Crippen LogP contribution in [0.1, 0.15) is 15.9 Å². The van der Waals surface area contributed by atoms with Crippen molar-refractivity contribution in [3.63, 3.8) is 0 Å². The molecule has 0 unspecified atom stereocenters. The van der Waals surface area contributed by atoms with Crippen molar-refractivity contribution in [2.45, 2.75) is 6.18 Å². The fourth-order valence-corrected chi connectivity index (χ4v) is 1.86. The number of nitro groups is 1. The molecule has 0 amide bonds. The van der Waals surface area contributed by atoms with Crippen LogP contribution >= 0.6 is 0 Å². The van der Waals surface area contributed by atoms with Crippen LogP contribution in [0.2, 0.25) is 0 Å². The van der Waals surface area contributed by atoms with Crippen molar-refractivity contribution in [2.75, 3.05) is 5.73 Å². The molecule has 0 radical (unpaired) electrons. The van der Waals surface area contributed by atoms with Crippen LogP contribution in [0.5, 0.6) is 0 Å². The highest BCUT2D eigenvalue weighted by atomic mass is 19.4. The second-order valence-electron chi connectivity index (χ2n) is 4.74. The molecule has 3 N–H and O–H groups in total. The largest absolute Gasteiger partial charge is 0.478 e. The molecular weight excluding hydrogens is 345 g/mol. The van der Waals surface area contributed by atoms with Crippen LogP contribution in [0.4, 0.5) is 35.9 Å². The lowest BCUT2D eigenvalue weighted by Crippen LogP contribution is -2.10. The number of carboxylic acid groups (broad SMARTS) is 1. The van der Waals surface area contributed by atoms with E-state index in [4.69, 9.17) is 10.8 Å². The summed E-state index contributed by atoms with van der Waals surface area (Å²) in [4.78, 5) is 20.9. The molecule has 0 fully saturated rings. The highest BCUT2D eigenvalue weighted by Gasteiger charge is 2.38. The Hall–Kier alpha value is -3.50. The zero-order chi connectivity index (χ0) is 18.8. The first-order chi connectivity index (χ1) is 11.6. The second-order valence-corrected chi connectivity index (χ2v) is 4.74. The molecule has 0 aliphatic heterocycles. The third kappa shape index (κ3) is 4.07. The zero-order valence-corrected chi connectivity index (χ0v) is 12.2. The molecule has 2 rings (SSSR count). The number of nitrogen functional groups attached to an aromatic ring is 1. The Balaban J connectivity index is 2.66. The van der Waals surface area contributed by atoms with Crippen molar-refractivity contribution in [3.05, 3.63) is 57.6 Å². The van der Waals surface area contributed by atoms with Gasteiger partial charge in [-0.2, -0.15) is 18.3 Å². The zero-order valence-electron chi connectivity index (χ0n) is 12.2. The minimum absolute atomic E-state index is 0.122. The number of aromatic carboxylic acids is 1. The van der Waals surface area contributed by atoms with Gasteiger partial charge in [0.2, 0.25) is 0 Å². The first kappa shape index (κ1) is 17.8. The number of rotatable bonds is 4. The van der Waals surface area contributed by atoms with Crippen molar-refractivity contribution in [1.29, 1.82) is 0 Å². The van der Waals surface area contributed by atoms with E-state index in [0.29, 0.717) is 11.8 Å². The monoisotopic (exact) mass is 354 g/mol. The Morgan fingerprint density at radius 2 is 1.76 bits per heavy atom. The normalized spacial score (nSPS) is 11.6. The summed E-state index contributed by atoms with van der Waals surface area (Å²) >= 11 is 0. The van der Waals surface area contributed by atoms with E-state index in [1.165, 1.54) is 24.3 Å². The van der Waals surface area contributed by atoms with E-state index in [9.17, 15) is 28.1 Å². The lowest BCUT2D eigenvalue weighted by atomic mass is 10.1. The lowest BCUT2D eigenvalue weighted by Gasteiger charge is -2.11. The average molecular weight is 354 g/mol. The third-order valence-electron chi connectivity index (χ3n) is 3.00. The number of alkyl halides is 3. The van der Waals surface area contributed by atoms with E-state index in [-0.39, 0.29) is 11.8 Å². The number of hydrogen-bond donors (Lipinski definition) is 2. The molecule has 0 aromatic heterocycles. The number of anilines is 1. The quantitative estimate of drug-likeness (QED) is 0.365. The van der Waals surface area contributed by atoms with Gasteiger partial charge in [-0.25, -0.2) is 4.79 Å². The van der Waals surface area contributed by atoms with E-state index in [1.807, 2.05) is 0 Å². The van der Waals surface area contributed by atoms with Gasteiger partial charge in [-0.1, -0.05) is 0 Å². The van der Waals surface area contributed by atoms with E-state index < -0.39 is 39.6 Å². The van der Waals surface area contributed by atoms with Gasteiger partial charge in [0.25, 0.3) is 5.69 Å². The van der Waals surface area contributed by atoms with Gasteiger partial charge in [-0.05, 0) is 24.3 Å². The molecule has 0 aliphatic carbocycles. The van der Waals surface area contributed by atoms with Gasteiger partial charge in [0, 0.05) is 17.8 Å². The summed E-state index contributed by atoms with van der Waals surface area (Å²) < 4.78 is 39.5. The number of halogens is 3. The third-order valence-corrected chi connectivity index (χ3v) is 3.00. The predicted molar refractivity (Wildman–Crippen MR) is 80.1 cm³/mol.